The summed E-state index contributed by atoms with van der Waals surface area (Å²) in [5.74, 6) is 0. The summed E-state index contributed by atoms with van der Waals surface area (Å²) in [5, 5.41) is 0. The first kappa shape index (κ1) is 9.74. The van der Waals surface area contributed by atoms with Crippen LogP contribution in [0.2, 0.25) is 0 Å². The molecule has 0 aromatic heterocycles. The second-order valence-electron chi connectivity index (χ2n) is 3.21. The maximum Gasteiger partial charge on any atom is 0.0906 e. The van der Waals surface area contributed by atoms with E-state index >= 15 is 0 Å². The molecule has 0 bridgehead atoms. The number of hydrogen-bond donors (Lipinski definition) is 0. The molecule has 2 atom stereocenters. The first-order valence-electron chi connectivity index (χ1n) is 4.02. The van der Waals surface area contributed by atoms with Crippen molar-refractivity contribution in [1.29, 1.82) is 0 Å². The minimum absolute atomic E-state index is 0.0336. The molecule has 1 aliphatic rings. The van der Waals surface area contributed by atoms with Gasteiger partial charge in [-0.05, 0) is 13.3 Å². The van der Waals surface area contributed by atoms with E-state index in [2.05, 4.69) is 36.4 Å². The molecule has 0 radical (unpaired) electrons. The Morgan fingerprint density at radius 1 is 1.64 bits per heavy atom. The molecule has 1 saturated heterocycles. The van der Waals surface area contributed by atoms with Gasteiger partial charge >= 0.3 is 0 Å². The average molecular weight is 270 g/mol. The van der Waals surface area contributed by atoms with Crippen molar-refractivity contribution in [3.63, 3.8) is 0 Å². The highest BCUT2D eigenvalue weighted by Gasteiger charge is 2.31. The molecule has 1 aliphatic heterocycles. The Morgan fingerprint density at radius 2 is 2.36 bits per heavy atom. The zero-order valence-corrected chi connectivity index (χ0v) is 9.26. The third-order valence-electron chi connectivity index (χ3n) is 2.08. The van der Waals surface area contributed by atoms with Crippen LogP contribution in [-0.2, 0) is 9.47 Å². The standard InChI is InChI=1S/C8H15IO2/c1-3-8(2)6-10-5-7(4-9)11-8/h7H,3-6H2,1-2H3. The fourth-order valence-electron chi connectivity index (χ4n) is 1.14. The summed E-state index contributed by atoms with van der Waals surface area (Å²) in [6.45, 7) is 5.76. The van der Waals surface area contributed by atoms with Gasteiger partial charge in [0.05, 0.1) is 24.9 Å². The first-order valence-corrected chi connectivity index (χ1v) is 5.54. The molecule has 0 N–H and O–H groups in total. The van der Waals surface area contributed by atoms with Crippen LogP contribution in [0.3, 0.4) is 0 Å². The molecule has 11 heavy (non-hydrogen) atoms. The van der Waals surface area contributed by atoms with Crippen LogP contribution < -0.4 is 0 Å². The molecule has 0 spiro atoms. The van der Waals surface area contributed by atoms with Crippen molar-refractivity contribution < 1.29 is 9.47 Å². The molecule has 0 saturated carbocycles. The summed E-state index contributed by atoms with van der Waals surface area (Å²) >= 11 is 2.33. The largest absolute Gasteiger partial charge is 0.376 e. The molecule has 2 nitrogen and oxygen atoms in total. The van der Waals surface area contributed by atoms with Gasteiger partial charge in [0.2, 0.25) is 0 Å². The molecule has 66 valence electrons. The van der Waals surface area contributed by atoms with Crippen LogP contribution in [0, 0.1) is 0 Å². The van der Waals surface area contributed by atoms with Gasteiger partial charge in [0.25, 0.3) is 0 Å². The van der Waals surface area contributed by atoms with Gasteiger partial charge in [-0.2, -0.15) is 0 Å². The number of halogens is 1. The van der Waals surface area contributed by atoms with E-state index in [1.54, 1.807) is 0 Å². The molecule has 1 rings (SSSR count). The van der Waals surface area contributed by atoms with Gasteiger partial charge in [0.1, 0.15) is 0 Å². The topological polar surface area (TPSA) is 18.5 Å². The van der Waals surface area contributed by atoms with Crippen LogP contribution in [0.25, 0.3) is 0 Å². The van der Waals surface area contributed by atoms with Crippen molar-refractivity contribution in [2.24, 2.45) is 0 Å². The Kier molecular flexibility index (Phi) is 3.58. The van der Waals surface area contributed by atoms with E-state index in [1.807, 2.05) is 0 Å². The van der Waals surface area contributed by atoms with Gasteiger partial charge in [0, 0.05) is 4.43 Å². The van der Waals surface area contributed by atoms with Crippen LogP contribution in [0.1, 0.15) is 20.3 Å². The van der Waals surface area contributed by atoms with Gasteiger partial charge in [0.15, 0.2) is 0 Å². The minimum Gasteiger partial charge on any atom is -0.376 e. The summed E-state index contributed by atoms with van der Waals surface area (Å²) in [7, 11) is 0. The second-order valence-corrected chi connectivity index (χ2v) is 4.09. The Morgan fingerprint density at radius 3 is 2.91 bits per heavy atom. The summed E-state index contributed by atoms with van der Waals surface area (Å²) in [6.07, 6.45) is 1.33. The third-order valence-corrected chi connectivity index (χ3v) is 3.06. The lowest BCUT2D eigenvalue weighted by Crippen LogP contribution is -2.45. The molecule has 0 aromatic rings. The SMILES string of the molecule is CCC1(C)COCC(CI)O1. The third kappa shape index (κ3) is 2.56. The van der Waals surface area contributed by atoms with E-state index in [-0.39, 0.29) is 5.60 Å². The van der Waals surface area contributed by atoms with Crippen LogP contribution in [0.15, 0.2) is 0 Å². The molecule has 0 aromatic carbocycles. The van der Waals surface area contributed by atoms with Crippen molar-refractivity contribution in [1.82, 2.24) is 0 Å². The molecule has 0 aliphatic carbocycles. The predicted molar refractivity (Wildman–Crippen MR) is 53.3 cm³/mol. The summed E-state index contributed by atoms with van der Waals surface area (Å²) in [6, 6.07) is 0. The van der Waals surface area contributed by atoms with Crippen molar-refractivity contribution in [2.45, 2.75) is 32.0 Å². The fraction of sp³-hybridized carbons (Fsp3) is 1.00. The van der Waals surface area contributed by atoms with Gasteiger partial charge in [-0.3, -0.25) is 0 Å². The number of alkyl halides is 1. The zero-order valence-electron chi connectivity index (χ0n) is 7.10. The molecular formula is C8H15IO2. The maximum atomic E-state index is 5.84. The lowest BCUT2D eigenvalue weighted by atomic mass is 10.0. The van der Waals surface area contributed by atoms with E-state index in [9.17, 15) is 0 Å². The van der Waals surface area contributed by atoms with E-state index in [4.69, 9.17) is 9.47 Å². The quantitative estimate of drug-likeness (QED) is 0.564. The first-order chi connectivity index (χ1) is 5.20. The molecule has 1 heterocycles. The normalized spacial score (nSPS) is 39.0. The monoisotopic (exact) mass is 270 g/mol. The number of hydrogen-bond acceptors (Lipinski definition) is 2. The Hall–Kier alpha value is 0.650. The van der Waals surface area contributed by atoms with Crippen LogP contribution in [-0.4, -0.2) is 29.3 Å². The zero-order chi connectivity index (χ0) is 8.32. The highest BCUT2D eigenvalue weighted by Crippen LogP contribution is 2.23. The highest BCUT2D eigenvalue weighted by molar-refractivity contribution is 14.1. The van der Waals surface area contributed by atoms with E-state index in [1.165, 1.54) is 0 Å². The van der Waals surface area contributed by atoms with E-state index in [0.717, 1.165) is 24.1 Å². The lowest BCUT2D eigenvalue weighted by Gasteiger charge is -2.37. The summed E-state index contributed by atoms with van der Waals surface area (Å²) < 4.78 is 12.3. The van der Waals surface area contributed by atoms with Gasteiger partial charge in [-0.25, -0.2) is 0 Å². The van der Waals surface area contributed by atoms with E-state index in [0.29, 0.717) is 6.10 Å². The number of rotatable bonds is 2. The van der Waals surface area contributed by atoms with Crippen LogP contribution >= 0.6 is 22.6 Å². The molecule has 3 heteroatoms. The van der Waals surface area contributed by atoms with Crippen LogP contribution in [0.4, 0.5) is 0 Å². The molecule has 1 fully saturated rings. The van der Waals surface area contributed by atoms with Gasteiger partial charge in [-0.15, -0.1) is 0 Å². The van der Waals surface area contributed by atoms with Gasteiger partial charge in [-0.1, -0.05) is 29.5 Å². The van der Waals surface area contributed by atoms with Gasteiger partial charge < -0.3 is 9.47 Å². The van der Waals surface area contributed by atoms with Crippen molar-refractivity contribution in [3.8, 4) is 0 Å². The minimum atomic E-state index is -0.0336. The van der Waals surface area contributed by atoms with Crippen LogP contribution in [0.5, 0.6) is 0 Å². The Labute approximate surface area is 81.8 Å². The molecular weight excluding hydrogens is 255 g/mol. The Bertz CT molecular complexity index is 129. The smallest absolute Gasteiger partial charge is 0.0906 e. The van der Waals surface area contributed by atoms with Crippen molar-refractivity contribution >= 4 is 22.6 Å². The maximum absolute atomic E-state index is 5.84. The second kappa shape index (κ2) is 4.05. The van der Waals surface area contributed by atoms with E-state index < -0.39 is 0 Å². The van der Waals surface area contributed by atoms with Crippen molar-refractivity contribution in [2.75, 3.05) is 17.6 Å². The lowest BCUT2D eigenvalue weighted by molar-refractivity contribution is -0.182. The fourth-order valence-corrected chi connectivity index (χ4v) is 1.57. The average Bonchev–Trinajstić information content (AvgIpc) is 2.05. The number of ether oxygens (including phenoxy) is 2. The predicted octanol–water partition coefficient (Wildman–Crippen LogP) is 2.01. The molecule has 0 amide bonds. The summed E-state index contributed by atoms with van der Waals surface area (Å²) in [4.78, 5) is 0. The molecule has 2 unspecified atom stereocenters. The highest BCUT2D eigenvalue weighted by atomic mass is 127. The Balaban J connectivity index is 2.44. The van der Waals surface area contributed by atoms with Crippen molar-refractivity contribution in [3.05, 3.63) is 0 Å². The summed E-state index contributed by atoms with van der Waals surface area (Å²) in [5.41, 5.74) is -0.0336.